The van der Waals surface area contributed by atoms with Gasteiger partial charge in [0.05, 0.1) is 6.61 Å². The molecule has 0 aromatic heterocycles. The van der Waals surface area contributed by atoms with E-state index < -0.39 is 0 Å². The molecular weight excluding hydrogens is 150 g/mol. The van der Waals surface area contributed by atoms with Gasteiger partial charge >= 0.3 is 0 Å². The van der Waals surface area contributed by atoms with Gasteiger partial charge in [0.25, 0.3) is 0 Å². The first-order chi connectivity index (χ1) is 5.62. The molecule has 1 heterocycles. The summed E-state index contributed by atoms with van der Waals surface area (Å²) in [5.74, 6) is 1.38. The molecule has 2 atom stereocenters. The average Bonchev–Trinajstić information content (AvgIpc) is 2.52. The molecular formula is C10H21NO. The quantitative estimate of drug-likeness (QED) is 0.700. The lowest BCUT2D eigenvalue weighted by molar-refractivity contribution is 0.0967. The van der Waals surface area contributed by atoms with Crippen LogP contribution in [0, 0.1) is 17.3 Å². The Morgan fingerprint density at radius 3 is 2.42 bits per heavy atom. The molecule has 2 heteroatoms. The van der Waals surface area contributed by atoms with Crippen molar-refractivity contribution in [2.75, 3.05) is 19.8 Å². The van der Waals surface area contributed by atoms with Gasteiger partial charge in [-0.1, -0.05) is 20.8 Å². The zero-order valence-corrected chi connectivity index (χ0v) is 8.47. The lowest BCUT2D eigenvalue weighted by Crippen LogP contribution is -2.39. The minimum Gasteiger partial charge on any atom is -0.381 e. The van der Waals surface area contributed by atoms with Gasteiger partial charge in [0.1, 0.15) is 0 Å². The smallest absolute Gasteiger partial charge is 0.0538 e. The van der Waals surface area contributed by atoms with E-state index >= 15 is 0 Å². The monoisotopic (exact) mass is 171 g/mol. The predicted molar refractivity (Wildman–Crippen MR) is 50.9 cm³/mol. The molecule has 2 nitrogen and oxygen atoms in total. The molecule has 1 fully saturated rings. The van der Waals surface area contributed by atoms with Gasteiger partial charge in [-0.25, -0.2) is 0 Å². The van der Waals surface area contributed by atoms with Gasteiger partial charge in [0.15, 0.2) is 0 Å². The van der Waals surface area contributed by atoms with E-state index in [4.69, 9.17) is 10.5 Å². The third kappa shape index (κ3) is 1.64. The molecule has 12 heavy (non-hydrogen) atoms. The van der Waals surface area contributed by atoms with Crippen LogP contribution in [0.5, 0.6) is 0 Å². The van der Waals surface area contributed by atoms with Crippen molar-refractivity contribution in [3.63, 3.8) is 0 Å². The average molecular weight is 171 g/mol. The molecule has 0 aliphatic carbocycles. The molecule has 2 unspecified atom stereocenters. The van der Waals surface area contributed by atoms with Crippen LogP contribution in [0.1, 0.15) is 27.2 Å². The predicted octanol–water partition coefficient (Wildman–Crippen LogP) is 1.64. The molecule has 1 rings (SSSR count). The van der Waals surface area contributed by atoms with Crippen molar-refractivity contribution in [3.8, 4) is 0 Å². The van der Waals surface area contributed by atoms with Crippen LogP contribution in [-0.2, 0) is 4.74 Å². The highest BCUT2D eigenvalue weighted by Crippen LogP contribution is 2.39. The lowest BCUT2D eigenvalue weighted by Gasteiger charge is -2.35. The maximum absolute atomic E-state index is 5.83. The number of nitrogens with two attached hydrogens (primary N) is 1. The molecule has 1 aliphatic heterocycles. The second-order valence-electron chi connectivity index (χ2n) is 4.40. The summed E-state index contributed by atoms with van der Waals surface area (Å²) >= 11 is 0. The fourth-order valence-corrected chi connectivity index (χ4v) is 2.04. The summed E-state index contributed by atoms with van der Waals surface area (Å²) in [6.45, 7) is 9.36. The Morgan fingerprint density at radius 1 is 1.42 bits per heavy atom. The lowest BCUT2D eigenvalue weighted by atomic mass is 9.71. The van der Waals surface area contributed by atoms with Crippen molar-refractivity contribution in [1.29, 1.82) is 0 Å². The van der Waals surface area contributed by atoms with E-state index in [1.807, 2.05) is 0 Å². The first-order valence-electron chi connectivity index (χ1n) is 4.90. The highest BCUT2D eigenvalue weighted by atomic mass is 16.5. The van der Waals surface area contributed by atoms with E-state index in [-0.39, 0.29) is 5.41 Å². The van der Waals surface area contributed by atoms with Gasteiger partial charge in [-0.2, -0.15) is 0 Å². The summed E-state index contributed by atoms with van der Waals surface area (Å²) in [6.07, 6.45) is 1.14. The van der Waals surface area contributed by atoms with Crippen LogP contribution in [0.4, 0.5) is 0 Å². The van der Waals surface area contributed by atoms with Gasteiger partial charge in [-0.3, -0.25) is 0 Å². The van der Waals surface area contributed by atoms with Crippen molar-refractivity contribution in [2.45, 2.75) is 27.2 Å². The summed E-state index contributed by atoms with van der Waals surface area (Å²) in [7, 11) is 0. The number of rotatable bonds is 3. The summed E-state index contributed by atoms with van der Waals surface area (Å²) in [4.78, 5) is 0. The summed E-state index contributed by atoms with van der Waals surface area (Å²) in [5.41, 5.74) is 6.10. The van der Waals surface area contributed by atoms with Crippen LogP contribution in [0.3, 0.4) is 0 Å². The highest BCUT2D eigenvalue weighted by molar-refractivity contribution is 4.89. The molecule has 0 aromatic carbocycles. The zero-order valence-electron chi connectivity index (χ0n) is 8.47. The Morgan fingerprint density at radius 2 is 2.08 bits per heavy atom. The molecule has 0 aromatic rings. The van der Waals surface area contributed by atoms with Gasteiger partial charge in [0, 0.05) is 18.6 Å². The molecule has 0 bridgehead atoms. The van der Waals surface area contributed by atoms with Gasteiger partial charge < -0.3 is 10.5 Å². The van der Waals surface area contributed by atoms with Crippen molar-refractivity contribution in [1.82, 2.24) is 0 Å². The zero-order chi connectivity index (χ0) is 9.19. The largest absolute Gasteiger partial charge is 0.381 e. The maximum atomic E-state index is 5.83. The third-order valence-corrected chi connectivity index (χ3v) is 3.51. The van der Waals surface area contributed by atoms with Crippen LogP contribution in [0.2, 0.25) is 0 Å². The highest BCUT2D eigenvalue weighted by Gasteiger charge is 2.39. The molecule has 2 N–H and O–H groups in total. The van der Waals surface area contributed by atoms with Crippen molar-refractivity contribution >= 4 is 0 Å². The van der Waals surface area contributed by atoms with Crippen LogP contribution in [0.25, 0.3) is 0 Å². The Balaban J connectivity index is 2.65. The molecule has 1 aliphatic rings. The number of ether oxygens (including phenoxy) is 1. The van der Waals surface area contributed by atoms with Crippen molar-refractivity contribution in [3.05, 3.63) is 0 Å². The Labute approximate surface area is 75.5 Å². The van der Waals surface area contributed by atoms with E-state index in [0.717, 1.165) is 26.2 Å². The van der Waals surface area contributed by atoms with Crippen LogP contribution in [0.15, 0.2) is 0 Å². The topological polar surface area (TPSA) is 35.2 Å². The second kappa shape index (κ2) is 3.75. The van der Waals surface area contributed by atoms with Crippen molar-refractivity contribution in [2.24, 2.45) is 23.0 Å². The van der Waals surface area contributed by atoms with Crippen molar-refractivity contribution < 1.29 is 4.74 Å². The summed E-state index contributed by atoms with van der Waals surface area (Å²) < 4.78 is 5.44. The van der Waals surface area contributed by atoms with E-state index in [9.17, 15) is 0 Å². The van der Waals surface area contributed by atoms with Crippen LogP contribution in [-0.4, -0.2) is 19.8 Å². The minimum absolute atomic E-state index is 0.272. The standard InChI is InChI=1S/C10H21NO/c1-8(2)9(3)10(6-11)4-5-12-7-10/h8-9H,4-7,11H2,1-3H3. The van der Waals surface area contributed by atoms with E-state index in [1.54, 1.807) is 0 Å². The van der Waals surface area contributed by atoms with E-state index in [2.05, 4.69) is 20.8 Å². The number of hydrogen-bond donors (Lipinski definition) is 1. The summed E-state index contributed by atoms with van der Waals surface area (Å²) in [5, 5.41) is 0. The normalized spacial score (nSPS) is 32.8. The first kappa shape index (κ1) is 10.0. The summed E-state index contributed by atoms with van der Waals surface area (Å²) in [6, 6.07) is 0. The Kier molecular flexibility index (Phi) is 3.13. The SMILES string of the molecule is CC(C)C(C)C1(CN)CCOC1. The fourth-order valence-electron chi connectivity index (χ4n) is 2.04. The van der Waals surface area contributed by atoms with Gasteiger partial charge in [0.2, 0.25) is 0 Å². The minimum atomic E-state index is 0.272. The molecule has 0 saturated carbocycles. The molecule has 1 saturated heterocycles. The second-order valence-corrected chi connectivity index (χ2v) is 4.40. The van der Waals surface area contributed by atoms with Gasteiger partial charge in [-0.15, -0.1) is 0 Å². The van der Waals surface area contributed by atoms with Gasteiger partial charge in [-0.05, 0) is 18.3 Å². The first-order valence-corrected chi connectivity index (χ1v) is 4.90. The Bertz CT molecular complexity index is 139. The van der Waals surface area contributed by atoms with Crippen LogP contribution >= 0.6 is 0 Å². The molecule has 72 valence electrons. The third-order valence-electron chi connectivity index (χ3n) is 3.51. The number of hydrogen-bond acceptors (Lipinski definition) is 2. The molecule has 0 spiro atoms. The molecule has 0 radical (unpaired) electrons. The van der Waals surface area contributed by atoms with Crippen LogP contribution < -0.4 is 5.73 Å². The fraction of sp³-hybridized carbons (Fsp3) is 1.00. The van der Waals surface area contributed by atoms with E-state index in [0.29, 0.717) is 11.8 Å². The maximum Gasteiger partial charge on any atom is 0.0538 e. The Hall–Kier alpha value is -0.0800. The molecule has 0 amide bonds. The van der Waals surface area contributed by atoms with E-state index in [1.165, 1.54) is 0 Å².